The number of pyridine rings is 1. The van der Waals surface area contributed by atoms with Gasteiger partial charge in [-0.1, -0.05) is 24.3 Å². The second-order valence-corrected chi connectivity index (χ2v) is 8.33. The molecular weight excluding hydrogens is 490 g/mol. The van der Waals surface area contributed by atoms with Crippen molar-refractivity contribution in [2.24, 2.45) is 0 Å². The fraction of sp³-hybridized carbons (Fsp3) is 0.208. The number of carbonyl (C=O) groups is 1. The van der Waals surface area contributed by atoms with E-state index in [1.54, 1.807) is 24.3 Å². The van der Waals surface area contributed by atoms with Crippen LogP contribution in [0.2, 0.25) is 0 Å². The number of alkyl halides is 1. The maximum atomic E-state index is 13.1. The predicted octanol–water partition coefficient (Wildman–Crippen LogP) is 2.52. The fourth-order valence-electron chi connectivity index (χ4n) is 3.44. The van der Waals surface area contributed by atoms with E-state index in [9.17, 15) is 19.5 Å². The highest BCUT2D eigenvalue weighted by Gasteiger charge is 2.16. The molecule has 0 radical (unpaired) electrons. The topological polar surface area (TPSA) is 149 Å². The van der Waals surface area contributed by atoms with Crippen LogP contribution < -0.4 is 21.4 Å². The Labute approximate surface area is 209 Å². The van der Waals surface area contributed by atoms with Crippen LogP contribution in [-0.2, 0) is 13.1 Å². The van der Waals surface area contributed by atoms with E-state index in [0.717, 1.165) is 10.1 Å². The molecule has 0 saturated heterocycles. The van der Waals surface area contributed by atoms with Gasteiger partial charge in [-0.3, -0.25) is 4.57 Å². The Morgan fingerprint density at radius 3 is 2.58 bits per heavy atom. The monoisotopic (exact) mass is 511 g/mol. The Bertz CT molecular complexity index is 1440. The molecule has 1 aliphatic carbocycles. The Morgan fingerprint density at radius 2 is 1.92 bits per heavy atom. The number of carboxylic acid groups (broad SMARTS) is 1. The van der Waals surface area contributed by atoms with Crippen molar-refractivity contribution in [1.82, 2.24) is 19.1 Å². The van der Waals surface area contributed by atoms with Crippen molar-refractivity contribution < 1.29 is 19.7 Å². The van der Waals surface area contributed by atoms with Gasteiger partial charge in [-0.25, -0.2) is 23.9 Å². The number of anilines is 2. The number of nitrogens with one attached hydrogen (secondary N) is 1. The summed E-state index contributed by atoms with van der Waals surface area (Å²) < 4.78 is 7.80. The number of aliphatic hydroxyl groups excluding tert-OH is 1. The van der Waals surface area contributed by atoms with Crippen LogP contribution in [0.1, 0.15) is 16.9 Å². The summed E-state index contributed by atoms with van der Waals surface area (Å²) in [6, 6.07) is 10.9. The predicted molar refractivity (Wildman–Crippen MR) is 132 cm³/mol. The normalized spacial score (nSPS) is 14.8. The second kappa shape index (κ2) is 11.0. The maximum absolute atomic E-state index is 13.1. The third kappa shape index (κ3) is 5.88. The number of nitrogens with zero attached hydrogens (tertiary/aromatic N) is 4. The molecule has 1 aromatic carbocycles. The summed E-state index contributed by atoms with van der Waals surface area (Å²) in [5, 5.41) is 21.2. The number of aliphatic hydroxyl groups is 1. The lowest BCUT2D eigenvalue weighted by molar-refractivity contribution is 0.0689. The molecule has 0 bridgehead atoms. The number of hydrogen-bond donors (Lipinski definition) is 3. The van der Waals surface area contributed by atoms with Crippen molar-refractivity contribution in [3.05, 3.63) is 92.9 Å². The highest BCUT2D eigenvalue weighted by molar-refractivity contribution is 6.22. The van der Waals surface area contributed by atoms with Crippen LogP contribution in [0.5, 0.6) is 11.6 Å². The van der Waals surface area contributed by atoms with Gasteiger partial charge in [0, 0.05) is 11.8 Å². The number of halogens is 1. The third-order valence-electron chi connectivity index (χ3n) is 5.21. The number of aromatic nitrogens is 4. The van der Waals surface area contributed by atoms with Crippen LogP contribution in [0, 0.1) is 0 Å². The maximum Gasteiger partial charge on any atom is 0.355 e. The van der Waals surface area contributed by atoms with Crippen molar-refractivity contribution in [3.63, 3.8) is 0 Å². The average molecular weight is 512 g/mol. The van der Waals surface area contributed by atoms with Gasteiger partial charge in [-0.2, -0.15) is 4.98 Å². The first kappa shape index (κ1) is 24.9. The highest BCUT2D eigenvalue weighted by Crippen LogP contribution is 2.23. The highest BCUT2D eigenvalue weighted by atomic mass is 35.5. The fourth-order valence-corrected chi connectivity index (χ4v) is 3.61. The van der Waals surface area contributed by atoms with Crippen molar-refractivity contribution in [3.8, 4) is 11.6 Å². The van der Waals surface area contributed by atoms with Gasteiger partial charge in [0.25, 0.3) is 0 Å². The molecule has 2 aromatic heterocycles. The third-order valence-corrected chi connectivity index (χ3v) is 5.54. The summed E-state index contributed by atoms with van der Waals surface area (Å²) in [5.41, 5.74) is -0.198. The number of rotatable bonds is 9. The largest absolute Gasteiger partial charge is 0.477 e. The number of aromatic carboxylic acids is 1. The van der Waals surface area contributed by atoms with E-state index in [1.165, 1.54) is 22.8 Å². The number of hydrogen-bond acceptors (Lipinski definition) is 8. The van der Waals surface area contributed by atoms with E-state index in [2.05, 4.69) is 15.3 Å². The summed E-state index contributed by atoms with van der Waals surface area (Å²) in [6.45, 7) is -0.411. The van der Waals surface area contributed by atoms with Gasteiger partial charge in [0.2, 0.25) is 11.8 Å². The summed E-state index contributed by atoms with van der Waals surface area (Å²) in [6.07, 6.45) is 6.17. The minimum Gasteiger partial charge on any atom is -0.477 e. The zero-order chi connectivity index (χ0) is 25.7. The molecule has 11 nitrogen and oxygen atoms in total. The molecule has 36 heavy (non-hydrogen) atoms. The molecular formula is C24H22ClN5O6. The number of carboxylic acids is 1. The second-order valence-electron chi connectivity index (χ2n) is 7.77. The van der Waals surface area contributed by atoms with E-state index in [4.69, 9.17) is 21.4 Å². The standard InChI is InChI=1S/C24H22ClN5O6/c25-16-6-4-15(5-7-16)14-30-22(28-23(34)29(12-13-31)24(30)35)26-17-8-10-18(11-9-17)36-20-3-1-2-19(27-20)21(32)33/h1-6,8-11,16,31H,7,12-14H2,(H,32,33)(H,26,28,34). The van der Waals surface area contributed by atoms with Crippen molar-refractivity contribution in [2.45, 2.75) is 24.9 Å². The van der Waals surface area contributed by atoms with E-state index >= 15 is 0 Å². The van der Waals surface area contributed by atoms with Crippen molar-refractivity contribution in [1.29, 1.82) is 0 Å². The van der Waals surface area contributed by atoms with Crippen molar-refractivity contribution >= 4 is 29.2 Å². The molecule has 0 fully saturated rings. The number of benzene rings is 1. The lowest BCUT2D eigenvalue weighted by atomic mass is 10.1. The Hall–Kier alpha value is -4.22. The molecule has 0 aliphatic heterocycles. The van der Waals surface area contributed by atoms with Crippen LogP contribution in [0.4, 0.5) is 11.6 Å². The summed E-state index contributed by atoms with van der Waals surface area (Å²) in [7, 11) is 0. The molecule has 186 valence electrons. The minimum atomic E-state index is -1.17. The molecule has 2 heterocycles. The molecule has 3 aromatic rings. The van der Waals surface area contributed by atoms with Gasteiger partial charge in [0.15, 0.2) is 5.69 Å². The van der Waals surface area contributed by atoms with Gasteiger partial charge in [-0.05, 0) is 42.3 Å². The first-order valence-corrected chi connectivity index (χ1v) is 11.4. The minimum absolute atomic E-state index is 0.0333. The van der Waals surface area contributed by atoms with E-state index in [1.807, 2.05) is 18.2 Å². The molecule has 3 N–H and O–H groups in total. The Morgan fingerprint density at radius 1 is 1.14 bits per heavy atom. The summed E-state index contributed by atoms with van der Waals surface area (Å²) in [5.74, 6) is -0.619. The van der Waals surface area contributed by atoms with E-state index in [0.29, 0.717) is 17.9 Å². The molecule has 1 atom stereocenters. The quantitative estimate of drug-likeness (QED) is 0.368. The molecule has 0 saturated carbocycles. The van der Waals surface area contributed by atoms with Gasteiger partial charge in [-0.15, -0.1) is 11.6 Å². The summed E-state index contributed by atoms with van der Waals surface area (Å²) >= 11 is 6.09. The van der Waals surface area contributed by atoms with Crippen LogP contribution >= 0.6 is 11.6 Å². The van der Waals surface area contributed by atoms with Crippen LogP contribution in [0.15, 0.2) is 75.9 Å². The van der Waals surface area contributed by atoms with Gasteiger partial charge in [0.1, 0.15) is 5.75 Å². The van der Waals surface area contributed by atoms with Crippen molar-refractivity contribution in [2.75, 3.05) is 11.9 Å². The lowest BCUT2D eigenvalue weighted by Crippen LogP contribution is -2.43. The summed E-state index contributed by atoms with van der Waals surface area (Å²) in [4.78, 5) is 44.5. The van der Waals surface area contributed by atoms with Crippen LogP contribution in [0.3, 0.4) is 0 Å². The molecule has 4 rings (SSSR count). The number of ether oxygens (including phenoxy) is 1. The Kier molecular flexibility index (Phi) is 7.62. The van der Waals surface area contributed by atoms with Gasteiger partial charge in [0.05, 0.1) is 25.1 Å². The SMILES string of the molecule is O=C(O)c1cccc(Oc2ccc(Nc3nc(=O)n(CCO)c(=O)n3CC3=CCC(Cl)C=C3)cc2)n1. The van der Waals surface area contributed by atoms with Gasteiger partial charge >= 0.3 is 17.3 Å². The Balaban J connectivity index is 1.59. The smallest absolute Gasteiger partial charge is 0.355 e. The van der Waals surface area contributed by atoms with Crippen LogP contribution in [0.25, 0.3) is 0 Å². The first-order valence-electron chi connectivity index (χ1n) is 10.9. The van der Waals surface area contributed by atoms with Crippen LogP contribution in [-0.4, -0.2) is 47.3 Å². The molecule has 0 amide bonds. The average Bonchev–Trinajstić information content (AvgIpc) is 2.86. The lowest BCUT2D eigenvalue weighted by Gasteiger charge is -2.17. The molecule has 1 unspecified atom stereocenters. The first-order chi connectivity index (χ1) is 17.3. The number of allylic oxidation sites excluding steroid dienone is 4. The zero-order valence-corrected chi connectivity index (χ0v) is 19.6. The van der Waals surface area contributed by atoms with E-state index < -0.39 is 17.3 Å². The molecule has 0 spiro atoms. The van der Waals surface area contributed by atoms with E-state index in [-0.39, 0.29) is 42.6 Å². The van der Waals surface area contributed by atoms with Gasteiger partial charge < -0.3 is 20.3 Å². The molecule has 1 aliphatic rings. The zero-order valence-electron chi connectivity index (χ0n) is 18.9. The molecule has 12 heteroatoms.